The van der Waals surface area contributed by atoms with Gasteiger partial charge in [0, 0.05) is 7.05 Å². The first-order valence-electron chi connectivity index (χ1n) is 6.32. The zero-order chi connectivity index (χ0) is 12.9. The number of piperidine rings is 1. The van der Waals surface area contributed by atoms with E-state index < -0.39 is 5.41 Å². The highest BCUT2D eigenvalue weighted by Gasteiger charge is 2.51. The van der Waals surface area contributed by atoms with E-state index in [-0.39, 0.29) is 11.7 Å². The molecule has 0 saturated carbocycles. The molecule has 1 aromatic rings. The molecule has 96 valence electrons. The fourth-order valence-corrected chi connectivity index (χ4v) is 3.26. The molecule has 1 spiro atoms. The van der Waals surface area contributed by atoms with Gasteiger partial charge in [-0.15, -0.1) is 0 Å². The molecule has 0 N–H and O–H groups in total. The number of carbonyl (C=O) groups excluding carboxylic acids is 1. The Morgan fingerprint density at radius 1 is 1.22 bits per heavy atom. The van der Waals surface area contributed by atoms with Gasteiger partial charge in [0.15, 0.2) is 0 Å². The Balaban J connectivity index is 2.13. The van der Waals surface area contributed by atoms with E-state index in [4.69, 9.17) is 0 Å². The van der Waals surface area contributed by atoms with Gasteiger partial charge in [-0.2, -0.15) is 0 Å². The maximum absolute atomic E-state index is 13.9. The fourth-order valence-electron chi connectivity index (χ4n) is 3.26. The molecule has 1 fully saturated rings. The Kier molecular flexibility index (Phi) is 2.45. The van der Waals surface area contributed by atoms with Crippen molar-refractivity contribution >= 4 is 11.6 Å². The lowest BCUT2D eigenvalue weighted by Crippen LogP contribution is -2.47. The zero-order valence-corrected chi connectivity index (χ0v) is 10.7. The van der Waals surface area contributed by atoms with Gasteiger partial charge in [0.2, 0.25) is 5.91 Å². The minimum absolute atomic E-state index is 0.0516. The highest BCUT2D eigenvalue weighted by Crippen LogP contribution is 2.48. The molecule has 0 radical (unpaired) electrons. The van der Waals surface area contributed by atoms with Crippen molar-refractivity contribution in [1.29, 1.82) is 0 Å². The first kappa shape index (κ1) is 11.7. The van der Waals surface area contributed by atoms with Crippen molar-refractivity contribution < 1.29 is 9.18 Å². The van der Waals surface area contributed by atoms with Crippen LogP contribution in [0, 0.1) is 5.82 Å². The van der Waals surface area contributed by atoms with Gasteiger partial charge >= 0.3 is 0 Å². The number of fused-ring (bicyclic) bond motifs is 2. The smallest absolute Gasteiger partial charge is 0.237 e. The van der Waals surface area contributed by atoms with Crippen LogP contribution in [0.4, 0.5) is 10.1 Å². The maximum Gasteiger partial charge on any atom is 0.237 e. The van der Waals surface area contributed by atoms with Crippen LogP contribution < -0.4 is 4.90 Å². The Labute approximate surface area is 106 Å². The van der Waals surface area contributed by atoms with Crippen molar-refractivity contribution in [3.8, 4) is 0 Å². The predicted molar refractivity (Wildman–Crippen MR) is 68.2 cm³/mol. The maximum atomic E-state index is 13.9. The third-order valence-electron chi connectivity index (χ3n) is 4.39. The molecule has 0 atom stereocenters. The number of likely N-dealkylation sites (N-methyl/N-ethyl adjacent to an activating group) is 1. The molecule has 3 rings (SSSR count). The van der Waals surface area contributed by atoms with E-state index in [0.717, 1.165) is 31.5 Å². The van der Waals surface area contributed by atoms with Gasteiger partial charge in [-0.3, -0.25) is 4.79 Å². The number of amides is 1. The van der Waals surface area contributed by atoms with E-state index in [1.54, 1.807) is 13.1 Å². The van der Waals surface area contributed by atoms with Crippen molar-refractivity contribution in [3.63, 3.8) is 0 Å². The summed E-state index contributed by atoms with van der Waals surface area (Å²) < 4.78 is 13.9. The largest absolute Gasteiger partial charge is 0.312 e. The normalized spacial score (nSPS) is 22.6. The molecule has 0 unspecified atom stereocenters. The van der Waals surface area contributed by atoms with Gasteiger partial charge in [0.1, 0.15) is 5.82 Å². The minimum atomic E-state index is -0.487. The van der Waals surface area contributed by atoms with E-state index in [9.17, 15) is 9.18 Å². The predicted octanol–water partition coefficient (Wildman–Crippen LogP) is 1.77. The average Bonchev–Trinajstić information content (AvgIpc) is 2.57. The summed E-state index contributed by atoms with van der Waals surface area (Å²) in [7, 11) is 3.74. The van der Waals surface area contributed by atoms with E-state index in [0.29, 0.717) is 5.69 Å². The minimum Gasteiger partial charge on any atom is -0.312 e. The number of anilines is 1. The second kappa shape index (κ2) is 3.79. The van der Waals surface area contributed by atoms with Crippen molar-refractivity contribution in [3.05, 3.63) is 29.6 Å². The lowest BCUT2D eigenvalue weighted by molar-refractivity contribution is -0.124. The number of nitrogens with zero attached hydrogens (tertiary/aromatic N) is 2. The van der Waals surface area contributed by atoms with Crippen LogP contribution in [0.3, 0.4) is 0 Å². The molecule has 0 bridgehead atoms. The molecule has 0 aromatic heterocycles. The van der Waals surface area contributed by atoms with Crippen LogP contribution in [0.15, 0.2) is 18.2 Å². The van der Waals surface area contributed by atoms with Crippen LogP contribution in [0.25, 0.3) is 0 Å². The first-order valence-corrected chi connectivity index (χ1v) is 6.32. The summed E-state index contributed by atoms with van der Waals surface area (Å²) in [5.41, 5.74) is 0.869. The summed E-state index contributed by atoms with van der Waals surface area (Å²) in [4.78, 5) is 16.3. The SMILES string of the molecule is CN1CCC2(CC1)C(=O)N(C)c1c(F)cccc12. The molecular formula is C14H17FN2O. The number of rotatable bonds is 0. The van der Waals surface area contributed by atoms with Crippen molar-refractivity contribution in [2.24, 2.45) is 0 Å². The van der Waals surface area contributed by atoms with Crippen molar-refractivity contribution in [2.75, 3.05) is 32.1 Å². The van der Waals surface area contributed by atoms with E-state index in [1.807, 2.05) is 6.07 Å². The molecule has 2 aliphatic rings. The number of para-hydroxylation sites is 1. The Hall–Kier alpha value is -1.42. The summed E-state index contributed by atoms with van der Waals surface area (Å²) in [6.45, 7) is 1.77. The van der Waals surface area contributed by atoms with Gasteiger partial charge in [-0.05, 0) is 44.6 Å². The molecule has 2 aliphatic heterocycles. The van der Waals surface area contributed by atoms with Gasteiger partial charge in [0.25, 0.3) is 0 Å². The standard InChI is InChI=1S/C14H17FN2O/c1-16-8-6-14(7-9-16)10-4-3-5-11(15)12(10)17(2)13(14)18/h3-5H,6-9H2,1-2H3. The quantitative estimate of drug-likeness (QED) is 0.698. The molecule has 1 saturated heterocycles. The number of carbonyl (C=O) groups is 1. The van der Waals surface area contributed by atoms with Gasteiger partial charge in [0.05, 0.1) is 11.1 Å². The second-order valence-corrected chi connectivity index (χ2v) is 5.39. The molecule has 1 amide bonds. The molecular weight excluding hydrogens is 231 g/mol. The summed E-state index contributed by atoms with van der Waals surface area (Å²) in [5.74, 6) is -0.241. The monoisotopic (exact) mass is 248 g/mol. The molecule has 2 heterocycles. The van der Waals surface area contributed by atoms with Crippen LogP contribution in [0.2, 0.25) is 0 Å². The second-order valence-electron chi connectivity index (χ2n) is 5.39. The number of benzene rings is 1. The van der Waals surface area contributed by atoms with Gasteiger partial charge in [-0.25, -0.2) is 4.39 Å². The van der Waals surface area contributed by atoms with Gasteiger partial charge < -0.3 is 9.80 Å². The van der Waals surface area contributed by atoms with E-state index in [2.05, 4.69) is 11.9 Å². The third kappa shape index (κ3) is 1.35. The van der Waals surface area contributed by atoms with Crippen LogP contribution in [0.5, 0.6) is 0 Å². The molecule has 4 heteroatoms. The number of halogens is 1. The van der Waals surface area contributed by atoms with E-state index >= 15 is 0 Å². The zero-order valence-electron chi connectivity index (χ0n) is 10.7. The van der Waals surface area contributed by atoms with Crippen molar-refractivity contribution in [2.45, 2.75) is 18.3 Å². The molecule has 18 heavy (non-hydrogen) atoms. The van der Waals surface area contributed by atoms with E-state index in [1.165, 1.54) is 11.0 Å². The topological polar surface area (TPSA) is 23.6 Å². The fraction of sp³-hybridized carbons (Fsp3) is 0.500. The first-order chi connectivity index (χ1) is 8.56. The summed E-state index contributed by atoms with van der Waals surface area (Å²) in [6.07, 6.45) is 1.56. The molecule has 0 aliphatic carbocycles. The Morgan fingerprint density at radius 3 is 2.56 bits per heavy atom. The Bertz CT molecular complexity index is 507. The van der Waals surface area contributed by atoms with Crippen LogP contribution >= 0.6 is 0 Å². The lowest BCUT2D eigenvalue weighted by Gasteiger charge is -2.36. The highest BCUT2D eigenvalue weighted by molar-refractivity contribution is 6.08. The highest BCUT2D eigenvalue weighted by atomic mass is 19.1. The Morgan fingerprint density at radius 2 is 1.89 bits per heavy atom. The van der Waals surface area contributed by atoms with Crippen LogP contribution in [-0.4, -0.2) is 38.0 Å². The third-order valence-corrected chi connectivity index (χ3v) is 4.39. The summed E-state index contributed by atoms with van der Waals surface area (Å²) >= 11 is 0. The number of likely N-dealkylation sites (tertiary alicyclic amines) is 1. The van der Waals surface area contributed by atoms with Gasteiger partial charge in [-0.1, -0.05) is 12.1 Å². The molecule has 1 aromatic carbocycles. The van der Waals surface area contributed by atoms with Crippen LogP contribution in [-0.2, 0) is 10.2 Å². The van der Waals surface area contributed by atoms with Crippen LogP contribution in [0.1, 0.15) is 18.4 Å². The summed E-state index contributed by atoms with van der Waals surface area (Å²) in [5, 5.41) is 0. The lowest BCUT2D eigenvalue weighted by atomic mass is 9.74. The number of hydrogen-bond donors (Lipinski definition) is 0. The molecule has 3 nitrogen and oxygen atoms in total. The number of hydrogen-bond acceptors (Lipinski definition) is 2. The summed E-state index contributed by atoms with van der Waals surface area (Å²) in [6, 6.07) is 5.04. The average molecular weight is 248 g/mol. The van der Waals surface area contributed by atoms with Crippen molar-refractivity contribution in [1.82, 2.24) is 4.90 Å².